The van der Waals surface area contributed by atoms with Crippen molar-refractivity contribution in [1.29, 1.82) is 0 Å². The molecule has 0 spiro atoms. The second-order valence-electron chi connectivity index (χ2n) is 4.41. The molecule has 100 valence electrons. The van der Waals surface area contributed by atoms with Gasteiger partial charge in [-0.15, -0.1) is 0 Å². The van der Waals surface area contributed by atoms with Crippen molar-refractivity contribution >= 4 is 16.7 Å². The van der Waals surface area contributed by atoms with E-state index in [2.05, 4.69) is 9.97 Å². The van der Waals surface area contributed by atoms with E-state index in [-0.39, 0.29) is 12.3 Å². The predicted octanol–water partition coefficient (Wildman–Crippen LogP) is 0.901. The minimum atomic E-state index is -0.592. The molecule has 0 aliphatic carbocycles. The van der Waals surface area contributed by atoms with Gasteiger partial charge in [-0.25, -0.2) is 4.79 Å². The van der Waals surface area contributed by atoms with E-state index in [0.717, 1.165) is 10.9 Å². The molecule has 0 aliphatic rings. The highest BCUT2D eigenvalue weighted by Gasteiger charge is 2.12. The smallest absolute Gasteiger partial charge is 0.328 e. The molecule has 20 heavy (non-hydrogen) atoms. The Balaban J connectivity index is 1.97. The molecule has 3 rings (SSSR count). The fraction of sp³-hybridized carbons (Fsp3) is 0.0714. The van der Waals surface area contributed by atoms with E-state index in [1.165, 1.54) is 16.8 Å². The highest BCUT2D eigenvalue weighted by molar-refractivity contribution is 6.07. The maximum absolute atomic E-state index is 12.3. The van der Waals surface area contributed by atoms with Crippen LogP contribution in [0.5, 0.6) is 0 Å². The number of H-pyrrole nitrogens is 2. The van der Waals surface area contributed by atoms with Crippen LogP contribution in [0.4, 0.5) is 0 Å². The van der Waals surface area contributed by atoms with Crippen LogP contribution in [0.25, 0.3) is 10.9 Å². The Kier molecular flexibility index (Phi) is 2.83. The Morgan fingerprint density at radius 2 is 1.95 bits per heavy atom. The van der Waals surface area contributed by atoms with Crippen molar-refractivity contribution in [1.82, 2.24) is 14.5 Å². The van der Waals surface area contributed by atoms with E-state index in [1.54, 1.807) is 6.20 Å². The number of aromatic nitrogens is 3. The maximum atomic E-state index is 12.3. The van der Waals surface area contributed by atoms with Gasteiger partial charge < -0.3 is 4.98 Å². The monoisotopic (exact) mass is 269 g/mol. The molecule has 3 aromatic rings. The lowest BCUT2D eigenvalue weighted by Crippen LogP contribution is -2.30. The summed E-state index contributed by atoms with van der Waals surface area (Å²) in [6.45, 7) is -0.114. The van der Waals surface area contributed by atoms with E-state index in [4.69, 9.17) is 0 Å². The Morgan fingerprint density at radius 3 is 2.75 bits per heavy atom. The Morgan fingerprint density at radius 1 is 1.15 bits per heavy atom. The number of ketones is 1. The minimum Gasteiger partial charge on any atom is -0.360 e. The molecule has 0 bridgehead atoms. The van der Waals surface area contributed by atoms with Gasteiger partial charge in [-0.05, 0) is 6.07 Å². The van der Waals surface area contributed by atoms with Gasteiger partial charge in [0.25, 0.3) is 5.56 Å². The number of benzene rings is 1. The van der Waals surface area contributed by atoms with Crippen molar-refractivity contribution in [3.63, 3.8) is 0 Å². The van der Waals surface area contributed by atoms with Gasteiger partial charge >= 0.3 is 5.69 Å². The lowest BCUT2D eigenvalue weighted by Gasteiger charge is -2.02. The molecule has 0 aliphatic heterocycles. The van der Waals surface area contributed by atoms with Crippen LogP contribution in [0.2, 0.25) is 0 Å². The summed E-state index contributed by atoms with van der Waals surface area (Å²) in [6, 6.07) is 8.65. The molecule has 0 fully saturated rings. The normalized spacial score (nSPS) is 10.8. The summed E-state index contributed by atoms with van der Waals surface area (Å²) in [5.74, 6) is -0.198. The van der Waals surface area contributed by atoms with Crippen molar-refractivity contribution in [2.45, 2.75) is 6.54 Å². The fourth-order valence-electron chi connectivity index (χ4n) is 2.11. The molecular formula is C14H11N3O3. The number of hydrogen-bond donors (Lipinski definition) is 2. The van der Waals surface area contributed by atoms with Gasteiger partial charge in [0, 0.05) is 34.9 Å². The molecule has 2 heterocycles. The molecule has 0 radical (unpaired) electrons. The second-order valence-corrected chi connectivity index (χ2v) is 4.41. The van der Waals surface area contributed by atoms with Crippen LogP contribution in [-0.2, 0) is 6.54 Å². The molecule has 0 unspecified atom stereocenters. The molecule has 6 nitrogen and oxygen atoms in total. The number of carbonyl (C=O) groups is 1. The van der Waals surface area contributed by atoms with Crippen LogP contribution < -0.4 is 11.2 Å². The predicted molar refractivity (Wildman–Crippen MR) is 74.0 cm³/mol. The van der Waals surface area contributed by atoms with E-state index in [1.807, 2.05) is 24.3 Å². The molecule has 0 amide bonds. The summed E-state index contributed by atoms with van der Waals surface area (Å²) in [5.41, 5.74) is 0.319. The third-order valence-electron chi connectivity index (χ3n) is 3.10. The second kappa shape index (κ2) is 4.65. The van der Waals surface area contributed by atoms with Gasteiger partial charge in [0.15, 0.2) is 5.78 Å². The van der Waals surface area contributed by atoms with Gasteiger partial charge in [-0.3, -0.25) is 19.1 Å². The number of hydrogen-bond acceptors (Lipinski definition) is 3. The van der Waals surface area contributed by atoms with Crippen molar-refractivity contribution in [3.05, 3.63) is 69.1 Å². The molecule has 0 atom stereocenters. The van der Waals surface area contributed by atoms with E-state index < -0.39 is 11.2 Å². The largest absolute Gasteiger partial charge is 0.360 e. The Bertz CT molecular complexity index is 901. The lowest BCUT2D eigenvalue weighted by molar-refractivity contribution is 0.0972. The first-order chi connectivity index (χ1) is 9.65. The van der Waals surface area contributed by atoms with E-state index in [0.29, 0.717) is 5.56 Å². The zero-order chi connectivity index (χ0) is 14.1. The molecule has 0 saturated heterocycles. The molecule has 6 heteroatoms. The van der Waals surface area contributed by atoms with Crippen LogP contribution in [0.15, 0.2) is 52.3 Å². The minimum absolute atomic E-state index is 0.114. The summed E-state index contributed by atoms with van der Waals surface area (Å²) >= 11 is 0. The Labute approximate surface area is 112 Å². The average molecular weight is 269 g/mol. The number of fused-ring (bicyclic) bond motifs is 1. The Hall–Kier alpha value is -2.89. The van der Waals surface area contributed by atoms with Crippen molar-refractivity contribution in [2.75, 3.05) is 0 Å². The topological polar surface area (TPSA) is 87.7 Å². The van der Waals surface area contributed by atoms with E-state index in [9.17, 15) is 14.4 Å². The fourth-order valence-corrected chi connectivity index (χ4v) is 2.11. The average Bonchev–Trinajstić information content (AvgIpc) is 2.86. The van der Waals surface area contributed by atoms with E-state index >= 15 is 0 Å². The molecule has 0 saturated carbocycles. The maximum Gasteiger partial charge on any atom is 0.328 e. The summed E-state index contributed by atoms with van der Waals surface area (Å²) in [4.78, 5) is 39.9. The van der Waals surface area contributed by atoms with Gasteiger partial charge in [-0.2, -0.15) is 0 Å². The molecule has 2 aromatic heterocycles. The first-order valence-corrected chi connectivity index (χ1v) is 6.04. The molecule has 1 aromatic carbocycles. The number of rotatable bonds is 3. The van der Waals surface area contributed by atoms with Crippen LogP contribution in [0, 0.1) is 0 Å². The van der Waals surface area contributed by atoms with Crippen LogP contribution >= 0.6 is 0 Å². The number of nitrogens with one attached hydrogen (secondary N) is 2. The van der Waals surface area contributed by atoms with Crippen molar-refractivity contribution < 1.29 is 4.79 Å². The summed E-state index contributed by atoms with van der Waals surface area (Å²) in [6.07, 6.45) is 2.94. The zero-order valence-corrected chi connectivity index (χ0v) is 10.4. The van der Waals surface area contributed by atoms with Crippen LogP contribution in [-0.4, -0.2) is 20.3 Å². The standard InChI is InChI=1S/C14H11N3O3/c18-12(8-17-6-5-13(19)16-14(17)20)10-7-15-11-4-2-1-3-9(10)11/h1-7,15H,8H2,(H,16,19,20). The lowest BCUT2D eigenvalue weighted by atomic mass is 10.1. The summed E-state index contributed by atoms with van der Waals surface area (Å²) in [5, 5.41) is 0.815. The summed E-state index contributed by atoms with van der Waals surface area (Å²) < 4.78 is 1.17. The number of Topliss-reactive ketones (excluding diaryl/α,β-unsaturated/α-hetero) is 1. The third-order valence-corrected chi connectivity index (χ3v) is 3.10. The highest BCUT2D eigenvalue weighted by atomic mass is 16.2. The number of nitrogens with zero attached hydrogens (tertiary/aromatic N) is 1. The van der Waals surface area contributed by atoms with Gasteiger partial charge in [0.2, 0.25) is 0 Å². The van der Waals surface area contributed by atoms with Gasteiger partial charge in [0.05, 0.1) is 6.54 Å². The van der Waals surface area contributed by atoms with Gasteiger partial charge in [-0.1, -0.05) is 18.2 Å². The number of para-hydroxylation sites is 1. The summed E-state index contributed by atoms with van der Waals surface area (Å²) in [7, 11) is 0. The SMILES string of the molecule is O=C(Cn1ccc(=O)[nH]c1=O)c1c[nH]c2ccccc12. The van der Waals surface area contributed by atoms with Gasteiger partial charge in [0.1, 0.15) is 0 Å². The van der Waals surface area contributed by atoms with Crippen molar-refractivity contribution in [2.24, 2.45) is 0 Å². The highest BCUT2D eigenvalue weighted by Crippen LogP contribution is 2.18. The quantitative estimate of drug-likeness (QED) is 0.692. The van der Waals surface area contributed by atoms with Crippen LogP contribution in [0.1, 0.15) is 10.4 Å². The first-order valence-electron chi connectivity index (χ1n) is 6.04. The molecule has 2 N–H and O–H groups in total. The first kappa shape index (κ1) is 12.2. The van der Waals surface area contributed by atoms with Crippen molar-refractivity contribution in [3.8, 4) is 0 Å². The van der Waals surface area contributed by atoms with Crippen LogP contribution in [0.3, 0.4) is 0 Å². The third kappa shape index (κ3) is 2.07. The zero-order valence-electron chi connectivity index (χ0n) is 10.4. The molecular weight excluding hydrogens is 258 g/mol. The number of aromatic amines is 2. The number of carbonyl (C=O) groups excluding carboxylic acids is 1.